The van der Waals surface area contributed by atoms with Crippen molar-refractivity contribution in [1.29, 1.82) is 0 Å². The van der Waals surface area contributed by atoms with Crippen LogP contribution < -0.4 is 0 Å². The maximum Gasteiger partial charge on any atom is -0.0244 e. The molecule has 0 N–H and O–H groups in total. The van der Waals surface area contributed by atoms with Gasteiger partial charge in [-0.1, -0.05) is 30.4 Å². The van der Waals surface area contributed by atoms with Crippen LogP contribution in [0.5, 0.6) is 0 Å². The second-order valence-electron chi connectivity index (χ2n) is 1.64. The van der Waals surface area contributed by atoms with Crippen LogP contribution in [0.3, 0.4) is 0 Å². The minimum atomic E-state index is 0.875. The van der Waals surface area contributed by atoms with Crippen LogP contribution in [-0.4, -0.2) is 0 Å². The number of hydrogen-bond donors (Lipinski definition) is 0. The van der Waals surface area contributed by atoms with Crippen LogP contribution in [0, 0.1) is 6.92 Å². The summed E-state index contributed by atoms with van der Waals surface area (Å²) < 4.78 is 0. The fourth-order valence-corrected chi connectivity index (χ4v) is 0.380. The summed E-state index contributed by atoms with van der Waals surface area (Å²) in [7, 11) is 0. The molecule has 0 saturated heterocycles. The molecule has 1 radical (unpaired) electrons. The largest absolute Gasteiger partial charge is 0.0958 e. The Bertz CT molecular complexity index is 139. The fraction of sp³-hybridized carbons (Fsp3) is 0. The van der Waals surface area contributed by atoms with E-state index in [1.165, 1.54) is 5.57 Å². The van der Waals surface area contributed by atoms with Crippen LogP contribution in [0.15, 0.2) is 36.0 Å². The topological polar surface area (TPSA) is 0 Å². The molecule has 7 heavy (non-hydrogen) atoms. The number of rotatable bonds is 1. The monoisotopic (exact) mass is 91.1 g/mol. The highest BCUT2D eigenvalue weighted by atomic mass is 14.0. The van der Waals surface area contributed by atoms with Crippen molar-refractivity contribution in [2.75, 3.05) is 0 Å². The van der Waals surface area contributed by atoms with E-state index < -0.39 is 0 Å². The summed E-state index contributed by atoms with van der Waals surface area (Å²) in [6.07, 6.45) is 5.99. The first-order valence-electron chi connectivity index (χ1n) is 2.20. The van der Waals surface area contributed by atoms with Crippen LogP contribution in [0.25, 0.3) is 0 Å². The van der Waals surface area contributed by atoms with Gasteiger partial charge in [-0.2, -0.15) is 0 Å². The molecule has 0 aromatic carbocycles. The average Bonchev–Trinajstić information content (AvgIpc) is 2.17. The first kappa shape index (κ1) is 4.38. The van der Waals surface area contributed by atoms with Gasteiger partial charge in [0.15, 0.2) is 0 Å². The quantitative estimate of drug-likeness (QED) is 0.462. The van der Waals surface area contributed by atoms with Gasteiger partial charge in [0.05, 0.1) is 0 Å². The zero-order valence-corrected chi connectivity index (χ0v) is 4.15. The van der Waals surface area contributed by atoms with E-state index in [0.29, 0.717) is 0 Å². The summed E-state index contributed by atoms with van der Waals surface area (Å²) in [6.45, 7) is 7.22. The predicted molar refractivity (Wildman–Crippen MR) is 31.7 cm³/mol. The Kier molecular flexibility index (Phi) is 0.861. The van der Waals surface area contributed by atoms with Gasteiger partial charge in [-0.15, -0.1) is 0 Å². The number of hydrogen-bond acceptors (Lipinski definition) is 0. The van der Waals surface area contributed by atoms with Gasteiger partial charge in [0, 0.05) is 0 Å². The van der Waals surface area contributed by atoms with E-state index in [2.05, 4.69) is 13.5 Å². The van der Waals surface area contributed by atoms with Crippen molar-refractivity contribution >= 4 is 0 Å². The Hall–Kier alpha value is -0.780. The second kappa shape index (κ2) is 1.38. The van der Waals surface area contributed by atoms with Gasteiger partial charge in [-0.3, -0.25) is 0 Å². The molecule has 1 aliphatic carbocycles. The highest BCUT2D eigenvalue weighted by Gasteiger charge is 1.95. The average molecular weight is 91.1 g/mol. The molecule has 0 spiro atoms. The zero-order chi connectivity index (χ0) is 5.28. The standard InChI is InChI=1S/C7H7/c1-6(2)5-7-3-4-7/h3-5H,1-2H2. The molecular weight excluding hydrogens is 84.1 g/mol. The SMILES string of the molecule is [CH2]C(=C)C=C1C=C1. The fourth-order valence-electron chi connectivity index (χ4n) is 0.380. The van der Waals surface area contributed by atoms with Crippen molar-refractivity contribution in [3.63, 3.8) is 0 Å². The van der Waals surface area contributed by atoms with E-state index in [4.69, 9.17) is 0 Å². The first-order valence-corrected chi connectivity index (χ1v) is 2.20. The lowest BCUT2D eigenvalue weighted by atomic mass is 10.3. The molecule has 0 aliphatic heterocycles. The van der Waals surface area contributed by atoms with E-state index in [0.717, 1.165) is 5.57 Å². The smallest absolute Gasteiger partial charge is 0.0244 e. The molecule has 0 unspecified atom stereocenters. The van der Waals surface area contributed by atoms with Crippen LogP contribution in [-0.2, 0) is 0 Å². The van der Waals surface area contributed by atoms with E-state index in [1.54, 1.807) is 0 Å². The molecule has 0 heterocycles. The van der Waals surface area contributed by atoms with Gasteiger partial charge < -0.3 is 0 Å². The van der Waals surface area contributed by atoms with Gasteiger partial charge in [0.1, 0.15) is 0 Å². The molecule has 35 valence electrons. The van der Waals surface area contributed by atoms with Crippen LogP contribution in [0.1, 0.15) is 0 Å². The first-order chi connectivity index (χ1) is 3.29. The minimum Gasteiger partial charge on any atom is -0.0958 e. The molecule has 1 rings (SSSR count). The summed E-state index contributed by atoms with van der Waals surface area (Å²) in [5, 5.41) is 0. The predicted octanol–water partition coefficient (Wildman–Crippen LogP) is 1.87. The van der Waals surface area contributed by atoms with Crippen molar-refractivity contribution in [2.24, 2.45) is 0 Å². The molecule has 0 heteroatoms. The third kappa shape index (κ3) is 1.40. The summed E-state index contributed by atoms with van der Waals surface area (Å²) >= 11 is 0. The summed E-state index contributed by atoms with van der Waals surface area (Å²) in [5.74, 6) is 0. The van der Waals surface area contributed by atoms with Crippen LogP contribution in [0.4, 0.5) is 0 Å². The Morgan fingerprint density at radius 3 is 2.29 bits per heavy atom. The molecule has 0 nitrogen and oxygen atoms in total. The lowest BCUT2D eigenvalue weighted by Gasteiger charge is -1.77. The molecular formula is C7H7. The Morgan fingerprint density at radius 1 is 1.57 bits per heavy atom. The van der Waals surface area contributed by atoms with Crippen molar-refractivity contribution in [1.82, 2.24) is 0 Å². The van der Waals surface area contributed by atoms with Gasteiger partial charge in [0.25, 0.3) is 0 Å². The van der Waals surface area contributed by atoms with Gasteiger partial charge in [-0.05, 0) is 12.5 Å². The lowest BCUT2D eigenvalue weighted by molar-refractivity contribution is 1.75. The molecule has 0 bridgehead atoms. The minimum absolute atomic E-state index is 0.875. The molecule has 0 atom stereocenters. The summed E-state index contributed by atoms with van der Waals surface area (Å²) in [6, 6.07) is 0. The van der Waals surface area contributed by atoms with Crippen LogP contribution >= 0.6 is 0 Å². The van der Waals surface area contributed by atoms with E-state index >= 15 is 0 Å². The van der Waals surface area contributed by atoms with Gasteiger partial charge in [-0.25, -0.2) is 0 Å². The molecule has 0 saturated carbocycles. The maximum atomic E-state index is 3.61. The van der Waals surface area contributed by atoms with E-state index in [1.807, 2.05) is 18.2 Å². The van der Waals surface area contributed by atoms with Crippen molar-refractivity contribution in [2.45, 2.75) is 0 Å². The normalized spacial score (nSPS) is 14.1. The second-order valence-corrected chi connectivity index (χ2v) is 1.64. The zero-order valence-electron chi connectivity index (χ0n) is 4.15. The number of allylic oxidation sites excluding steroid dienone is 5. The molecule has 0 aromatic heterocycles. The Morgan fingerprint density at radius 2 is 2.14 bits per heavy atom. The molecule has 1 aliphatic rings. The van der Waals surface area contributed by atoms with E-state index in [-0.39, 0.29) is 0 Å². The van der Waals surface area contributed by atoms with Crippen molar-refractivity contribution in [3.05, 3.63) is 42.9 Å². The van der Waals surface area contributed by atoms with Crippen LogP contribution in [0.2, 0.25) is 0 Å². The summed E-state index contributed by atoms with van der Waals surface area (Å²) in [4.78, 5) is 0. The lowest BCUT2D eigenvalue weighted by Crippen LogP contribution is -1.58. The van der Waals surface area contributed by atoms with Crippen molar-refractivity contribution in [3.8, 4) is 0 Å². The third-order valence-electron chi connectivity index (χ3n) is 0.730. The molecule has 0 amide bonds. The Balaban J connectivity index is 2.48. The summed E-state index contributed by atoms with van der Waals surface area (Å²) in [5.41, 5.74) is 2.12. The molecule has 0 aromatic rings. The van der Waals surface area contributed by atoms with Gasteiger partial charge in [0.2, 0.25) is 0 Å². The highest BCUT2D eigenvalue weighted by molar-refractivity contribution is 5.50. The third-order valence-corrected chi connectivity index (χ3v) is 0.730. The van der Waals surface area contributed by atoms with Gasteiger partial charge >= 0.3 is 0 Å². The highest BCUT2D eigenvalue weighted by Crippen LogP contribution is 2.14. The maximum absolute atomic E-state index is 3.61. The Labute approximate surface area is 43.9 Å². The van der Waals surface area contributed by atoms with Crippen molar-refractivity contribution < 1.29 is 0 Å². The molecule has 0 fully saturated rings. The van der Waals surface area contributed by atoms with E-state index in [9.17, 15) is 0 Å².